The molecule has 1 aromatic rings. The number of allylic oxidation sites excluding steroid dienone is 1. The third kappa shape index (κ3) is 4.18. The molecule has 1 heterocycles. The molecule has 0 fully saturated rings. The van der Waals surface area contributed by atoms with Crippen molar-refractivity contribution in [3.63, 3.8) is 0 Å². The van der Waals surface area contributed by atoms with Crippen molar-refractivity contribution in [2.45, 2.75) is 13.0 Å². The molecule has 1 atom stereocenters. The molecule has 0 aromatic carbocycles. The maximum Gasteiger partial charge on any atom is 0.433 e. The first kappa shape index (κ1) is 13.6. The van der Waals surface area contributed by atoms with Gasteiger partial charge in [0.15, 0.2) is 0 Å². The smallest absolute Gasteiger partial charge is 0.401 e. The number of carbonyl (C=O) groups is 1. The molecule has 8 nitrogen and oxygen atoms in total. The lowest BCUT2D eigenvalue weighted by Crippen LogP contribution is -2.28. The van der Waals surface area contributed by atoms with Gasteiger partial charge in [0.1, 0.15) is 16.8 Å². The molecule has 0 bridgehead atoms. The number of aliphatic hydroxyl groups excluding tert-OH is 1. The predicted octanol–water partition coefficient (Wildman–Crippen LogP) is 0.684. The van der Waals surface area contributed by atoms with E-state index in [2.05, 4.69) is 10.5 Å². The molecule has 0 spiro atoms. The SMILES string of the molecule is C[C@H](O)C(=O)N/N=C\C=C\c1ccc([N+](=O)[O-])o1. The van der Waals surface area contributed by atoms with Gasteiger partial charge in [-0.05, 0) is 25.1 Å². The second-order valence-corrected chi connectivity index (χ2v) is 3.22. The lowest BCUT2D eigenvalue weighted by molar-refractivity contribution is -0.402. The number of rotatable bonds is 5. The van der Waals surface area contributed by atoms with Crippen LogP contribution in [-0.4, -0.2) is 28.3 Å². The fourth-order valence-corrected chi connectivity index (χ4v) is 0.905. The summed E-state index contributed by atoms with van der Waals surface area (Å²) in [5, 5.41) is 22.6. The number of amides is 1. The quantitative estimate of drug-likeness (QED) is 0.454. The molecule has 8 heteroatoms. The van der Waals surface area contributed by atoms with Crippen molar-refractivity contribution in [1.29, 1.82) is 0 Å². The first-order valence-corrected chi connectivity index (χ1v) is 4.92. The van der Waals surface area contributed by atoms with Crippen molar-refractivity contribution in [1.82, 2.24) is 5.43 Å². The molecule has 0 saturated heterocycles. The maximum absolute atomic E-state index is 10.9. The number of hydrogen-bond acceptors (Lipinski definition) is 6. The van der Waals surface area contributed by atoms with Crippen molar-refractivity contribution < 1.29 is 19.2 Å². The largest absolute Gasteiger partial charge is 0.433 e. The minimum absolute atomic E-state index is 0.287. The van der Waals surface area contributed by atoms with Gasteiger partial charge in [-0.1, -0.05) is 0 Å². The Labute approximate surface area is 102 Å². The van der Waals surface area contributed by atoms with E-state index in [1.165, 1.54) is 37.4 Å². The number of furan rings is 1. The second kappa shape index (κ2) is 6.30. The van der Waals surface area contributed by atoms with Crippen molar-refractivity contribution >= 4 is 24.1 Å². The molecule has 0 aliphatic rings. The van der Waals surface area contributed by atoms with Gasteiger partial charge in [-0.15, -0.1) is 0 Å². The van der Waals surface area contributed by atoms with Crippen LogP contribution in [0, 0.1) is 10.1 Å². The second-order valence-electron chi connectivity index (χ2n) is 3.22. The molecular formula is C10H11N3O5. The summed E-state index contributed by atoms with van der Waals surface area (Å²) in [5.74, 6) is -0.697. The minimum Gasteiger partial charge on any atom is -0.401 e. The number of nitrogens with zero attached hydrogens (tertiary/aromatic N) is 2. The van der Waals surface area contributed by atoms with Gasteiger partial charge < -0.3 is 9.52 Å². The van der Waals surface area contributed by atoms with Gasteiger partial charge in [0, 0.05) is 6.21 Å². The van der Waals surface area contributed by atoms with Gasteiger partial charge in [-0.25, -0.2) is 5.43 Å². The summed E-state index contributed by atoms with van der Waals surface area (Å²) in [6.07, 6.45) is 2.96. The Morgan fingerprint density at radius 2 is 2.39 bits per heavy atom. The number of hydrazone groups is 1. The Hall–Kier alpha value is -2.48. The topological polar surface area (TPSA) is 118 Å². The average molecular weight is 253 g/mol. The Kier molecular flexibility index (Phi) is 4.76. The molecule has 2 N–H and O–H groups in total. The molecule has 1 aromatic heterocycles. The highest BCUT2D eigenvalue weighted by Crippen LogP contribution is 2.16. The van der Waals surface area contributed by atoms with E-state index in [-0.39, 0.29) is 11.6 Å². The van der Waals surface area contributed by atoms with E-state index in [9.17, 15) is 14.9 Å². The first-order valence-electron chi connectivity index (χ1n) is 4.92. The first-order chi connectivity index (χ1) is 8.50. The predicted molar refractivity (Wildman–Crippen MR) is 62.7 cm³/mol. The van der Waals surface area contributed by atoms with Crippen molar-refractivity contribution in [2.24, 2.45) is 5.10 Å². The van der Waals surface area contributed by atoms with E-state index in [0.29, 0.717) is 0 Å². The third-order valence-electron chi connectivity index (χ3n) is 1.77. The number of aliphatic hydroxyl groups is 1. The van der Waals surface area contributed by atoms with Gasteiger partial charge in [-0.2, -0.15) is 5.10 Å². The van der Waals surface area contributed by atoms with Gasteiger partial charge in [0.25, 0.3) is 5.91 Å². The van der Waals surface area contributed by atoms with Crippen LogP contribution in [0.25, 0.3) is 6.08 Å². The molecular weight excluding hydrogens is 242 g/mol. The highest BCUT2D eigenvalue weighted by atomic mass is 16.6. The Balaban J connectivity index is 2.47. The molecule has 0 saturated carbocycles. The maximum atomic E-state index is 10.9. The van der Waals surface area contributed by atoms with E-state index in [1.54, 1.807) is 0 Å². The summed E-state index contributed by atoms with van der Waals surface area (Å²) in [5.41, 5.74) is 2.08. The molecule has 1 amide bonds. The average Bonchev–Trinajstić information content (AvgIpc) is 2.77. The summed E-state index contributed by atoms with van der Waals surface area (Å²) >= 11 is 0. The molecule has 1 rings (SSSR count). The summed E-state index contributed by atoms with van der Waals surface area (Å²) in [6, 6.07) is 2.66. The lowest BCUT2D eigenvalue weighted by Gasteiger charge is -1.99. The highest BCUT2D eigenvalue weighted by Gasteiger charge is 2.09. The van der Waals surface area contributed by atoms with Crippen LogP contribution < -0.4 is 5.43 Å². The minimum atomic E-state index is -1.14. The Morgan fingerprint density at radius 3 is 2.94 bits per heavy atom. The number of hydrogen-bond donors (Lipinski definition) is 2. The molecule has 0 aliphatic carbocycles. The van der Waals surface area contributed by atoms with Gasteiger partial charge in [0.05, 0.1) is 6.07 Å². The number of nitro groups is 1. The summed E-state index contributed by atoms with van der Waals surface area (Å²) in [6.45, 7) is 1.31. The van der Waals surface area contributed by atoms with Crippen LogP contribution in [0.1, 0.15) is 12.7 Å². The zero-order valence-electron chi connectivity index (χ0n) is 9.44. The summed E-state index contributed by atoms with van der Waals surface area (Å²) < 4.78 is 4.84. The van der Waals surface area contributed by atoms with Gasteiger partial charge in [-0.3, -0.25) is 14.9 Å². The highest BCUT2D eigenvalue weighted by molar-refractivity contribution is 5.82. The van der Waals surface area contributed by atoms with Crippen LogP contribution in [0.2, 0.25) is 0 Å². The van der Waals surface area contributed by atoms with E-state index in [1.807, 2.05) is 0 Å². The fourth-order valence-electron chi connectivity index (χ4n) is 0.905. The molecule has 0 aliphatic heterocycles. The number of nitrogens with one attached hydrogen (secondary N) is 1. The Bertz CT molecular complexity index is 489. The zero-order chi connectivity index (χ0) is 13.5. The molecule has 0 unspecified atom stereocenters. The Morgan fingerprint density at radius 1 is 1.67 bits per heavy atom. The van der Waals surface area contributed by atoms with Crippen molar-refractivity contribution in [3.05, 3.63) is 34.1 Å². The van der Waals surface area contributed by atoms with E-state index in [0.717, 1.165) is 0 Å². The van der Waals surface area contributed by atoms with Crippen LogP contribution in [-0.2, 0) is 4.79 Å². The van der Waals surface area contributed by atoms with Crippen LogP contribution in [0.4, 0.5) is 5.88 Å². The monoisotopic (exact) mass is 253 g/mol. The molecule has 0 radical (unpaired) electrons. The summed E-state index contributed by atoms with van der Waals surface area (Å²) in [7, 11) is 0. The normalized spacial score (nSPS) is 13.0. The van der Waals surface area contributed by atoms with Crippen LogP contribution >= 0.6 is 0 Å². The van der Waals surface area contributed by atoms with Gasteiger partial charge in [0.2, 0.25) is 0 Å². The van der Waals surface area contributed by atoms with E-state index in [4.69, 9.17) is 9.52 Å². The fraction of sp³-hybridized carbons (Fsp3) is 0.200. The molecule has 18 heavy (non-hydrogen) atoms. The zero-order valence-corrected chi connectivity index (χ0v) is 9.44. The number of carbonyl (C=O) groups excluding carboxylic acids is 1. The third-order valence-corrected chi connectivity index (χ3v) is 1.77. The van der Waals surface area contributed by atoms with Crippen molar-refractivity contribution in [2.75, 3.05) is 0 Å². The standard InChI is InChI=1S/C10H11N3O5/c1-7(14)10(15)12-11-6-2-3-8-4-5-9(18-8)13(16)17/h2-7,14H,1H3,(H,12,15)/b3-2+,11-6-/t7-/m0/s1. The van der Waals surface area contributed by atoms with Crippen LogP contribution in [0.5, 0.6) is 0 Å². The van der Waals surface area contributed by atoms with Crippen molar-refractivity contribution in [3.8, 4) is 0 Å². The van der Waals surface area contributed by atoms with E-state index < -0.39 is 16.9 Å². The van der Waals surface area contributed by atoms with E-state index >= 15 is 0 Å². The lowest BCUT2D eigenvalue weighted by atomic mass is 10.4. The van der Waals surface area contributed by atoms with Crippen LogP contribution in [0.3, 0.4) is 0 Å². The van der Waals surface area contributed by atoms with Gasteiger partial charge >= 0.3 is 5.88 Å². The molecule has 96 valence electrons. The van der Waals surface area contributed by atoms with Crippen LogP contribution in [0.15, 0.2) is 27.7 Å². The summed E-state index contributed by atoms with van der Waals surface area (Å²) in [4.78, 5) is 20.5.